The van der Waals surface area contributed by atoms with Gasteiger partial charge in [-0.2, -0.15) is 9.97 Å². The van der Waals surface area contributed by atoms with Crippen LogP contribution in [0, 0.1) is 0 Å². The molecule has 0 aromatic carbocycles. The Balaban J connectivity index is 2.25. The smallest absolute Gasteiger partial charge is 0.229 e. The van der Waals surface area contributed by atoms with E-state index in [1.165, 1.54) is 0 Å². The van der Waals surface area contributed by atoms with Crippen LogP contribution >= 0.6 is 0 Å². The lowest BCUT2D eigenvalue weighted by molar-refractivity contribution is 0.580. The molecule has 1 aliphatic heterocycles. The molecule has 1 fully saturated rings. The topological polar surface area (TPSA) is 70.3 Å². The van der Waals surface area contributed by atoms with E-state index in [4.69, 9.17) is 5.73 Å². The fraction of sp³-hybridized carbons (Fsp3) is 0.600. The summed E-state index contributed by atoms with van der Waals surface area (Å²) in [6, 6.07) is 1.78. The van der Waals surface area contributed by atoms with Crippen LogP contribution in [0.1, 0.15) is 0 Å². The molecule has 6 heteroatoms. The first-order valence-electron chi connectivity index (χ1n) is 5.44. The Morgan fingerprint density at radius 3 is 2.62 bits per heavy atom. The molecule has 0 spiro atoms. The predicted octanol–water partition coefficient (Wildman–Crippen LogP) is -0.466. The van der Waals surface area contributed by atoms with Crippen molar-refractivity contribution in [3.8, 4) is 0 Å². The van der Waals surface area contributed by atoms with Gasteiger partial charge in [-0.25, -0.2) is 0 Å². The van der Waals surface area contributed by atoms with Gasteiger partial charge in [0.05, 0.1) is 0 Å². The van der Waals surface area contributed by atoms with Crippen molar-refractivity contribution in [3.63, 3.8) is 0 Å². The van der Waals surface area contributed by atoms with Gasteiger partial charge in [0, 0.05) is 46.3 Å². The third kappa shape index (κ3) is 2.33. The highest BCUT2D eigenvalue weighted by atomic mass is 15.3. The fourth-order valence-corrected chi connectivity index (χ4v) is 1.68. The molecule has 3 N–H and O–H groups in total. The van der Waals surface area contributed by atoms with Crippen molar-refractivity contribution in [1.29, 1.82) is 0 Å². The minimum atomic E-state index is 0.521. The normalized spacial score (nSPS) is 16.2. The number of aromatic nitrogens is 2. The van der Waals surface area contributed by atoms with E-state index in [-0.39, 0.29) is 0 Å². The summed E-state index contributed by atoms with van der Waals surface area (Å²) in [6.07, 6.45) is 0. The summed E-state index contributed by atoms with van der Waals surface area (Å²) in [4.78, 5) is 12.9. The van der Waals surface area contributed by atoms with Crippen molar-refractivity contribution in [2.75, 3.05) is 55.8 Å². The van der Waals surface area contributed by atoms with Gasteiger partial charge in [-0.15, -0.1) is 0 Å². The first-order chi connectivity index (χ1) is 7.66. The maximum atomic E-state index is 5.78. The van der Waals surface area contributed by atoms with Crippen molar-refractivity contribution in [2.24, 2.45) is 0 Å². The Morgan fingerprint density at radius 2 is 2.00 bits per heavy atom. The molecular formula is C10H18N6. The number of hydrogen-bond donors (Lipinski definition) is 2. The van der Waals surface area contributed by atoms with Gasteiger partial charge >= 0.3 is 0 Å². The summed E-state index contributed by atoms with van der Waals surface area (Å²) >= 11 is 0. The molecule has 1 aromatic rings. The summed E-state index contributed by atoms with van der Waals surface area (Å²) in [7, 11) is 3.90. The second-order valence-electron chi connectivity index (χ2n) is 4.08. The summed E-state index contributed by atoms with van der Waals surface area (Å²) in [6.45, 7) is 3.79. The highest BCUT2D eigenvalue weighted by molar-refractivity contribution is 5.51. The van der Waals surface area contributed by atoms with E-state index in [0.717, 1.165) is 37.9 Å². The highest BCUT2D eigenvalue weighted by Gasteiger charge is 2.14. The zero-order chi connectivity index (χ0) is 11.5. The van der Waals surface area contributed by atoms with Crippen LogP contribution in [0.25, 0.3) is 0 Å². The molecule has 0 bridgehead atoms. The number of nitrogens with two attached hydrogens (primary N) is 1. The number of nitrogens with one attached hydrogen (secondary N) is 1. The quantitative estimate of drug-likeness (QED) is 0.705. The standard InChI is InChI=1S/C10H18N6/c1-15(2)9-7-8(11)13-10(14-9)16-5-3-12-4-6-16/h7,12H,3-6H2,1-2H3,(H2,11,13,14). The molecule has 88 valence electrons. The molecule has 0 saturated carbocycles. The number of piperazine rings is 1. The van der Waals surface area contributed by atoms with E-state index >= 15 is 0 Å². The number of anilines is 3. The molecule has 2 heterocycles. The summed E-state index contributed by atoms with van der Waals surface area (Å²) in [5, 5.41) is 3.30. The fourth-order valence-electron chi connectivity index (χ4n) is 1.68. The lowest BCUT2D eigenvalue weighted by Crippen LogP contribution is -2.44. The Morgan fingerprint density at radius 1 is 1.31 bits per heavy atom. The Bertz CT molecular complexity index is 358. The highest BCUT2D eigenvalue weighted by Crippen LogP contribution is 2.17. The molecule has 6 nitrogen and oxygen atoms in total. The molecule has 0 unspecified atom stereocenters. The Hall–Kier alpha value is -1.56. The zero-order valence-corrected chi connectivity index (χ0v) is 9.77. The van der Waals surface area contributed by atoms with Crippen LogP contribution in [0.3, 0.4) is 0 Å². The predicted molar refractivity (Wildman–Crippen MR) is 65.9 cm³/mol. The van der Waals surface area contributed by atoms with Crippen molar-refractivity contribution in [2.45, 2.75) is 0 Å². The van der Waals surface area contributed by atoms with Crippen LogP contribution in [0.15, 0.2) is 6.07 Å². The van der Waals surface area contributed by atoms with Crippen molar-refractivity contribution in [3.05, 3.63) is 6.07 Å². The van der Waals surface area contributed by atoms with Gasteiger partial charge in [0.1, 0.15) is 11.6 Å². The average Bonchev–Trinajstić information content (AvgIpc) is 2.29. The minimum Gasteiger partial charge on any atom is -0.383 e. The van der Waals surface area contributed by atoms with E-state index in [2.05, 4.69) is 20.2 Å². The van der Waals surface area contributed by atoms with E-state index in [9.17, 15) is 0 Å². The summed E-state index contributed by atoms with van der Waals surface area (Å²) in [5.41, 5.74) is 5.78. The lowest BCUT2D eigenvalue weighted by Gasteiger charge is -2.28. The molecule has 0 radical (unpaired) electrons. The van der Waals surface area contributed by atoms with Gasteiger partial charge < -0.3 is 20.9 Å². The average molecular weight is 222 g/mol. The van der Waals surface area contributed by atoms with E-state index in [1.54, 1.807) is 6.07 Å². The van der Waals surface area contributed by atoms with Gasteiger partial charge in [0.25, 0.3) is 0 Å². The lowest BCUT2D eigenvalue weighted by atomic mass is 10.4. The Kier molecular flexibility index (Phi) is 3.09. The second-order valence-corrected chi connectivity index (χ2v) is 4.08. The number of nitrogens with zero attached hydrogens (tertiary/aromatic N) is 4. The van der Waals surface area contributed by atoms with Crippen molar-refractivity contribution in [1.82, 2.24) is 15.3 Å². The van der Waals surface area contributed by atoms with Crippen LogP contribution < -0.4 is 20.9 Å². The number of nitrogen functional groups attached to an aromatic ring is 1. The summed E-state index contributed by atoms with van der Waals surface area (Å²) in [5.74, 6) is 2.10. The molecule has 1 aliphatic rings. The molecule has 0 amide bonds. The molecule has 0 atom stereocenters. The van der Waals surface area contributed by atoms with Gasteiger partial charge in [0.2, 0.25) is 5.95 Å². The monoisotopic (exact) mass is 222 g/mol. The van der Waals surface area contributed by atoms with Crippen LogP contribution in [0.2, 0.25) is 0 Å². The third-order valence-corrected chi connectivity index (χ3v) is 2.58. The number of hydrogen-bond acceptors (Lipinski definition) is 6. The van der Waals surface area contributed by atoms with Gasteiger partial charge in [-0.1, -0.05) is 0 Å². The van der Waals surface area contributed by atoms with Crippen LogP contribution in [0.4, 0.5) is 17.6 Å². The van der Waals surface area contributed by atoms with Gasteiger partial charge in [0.15, 0.2) is 0 Å². The van der Waals surface area contributed by atoms with Gasteiger partial charge in [-0.3, -0.25) is 0 Å². The van der Waals surface area contributed by atoms with Crippen LogP contribution in [-0.4, -0.2) is 50.2 Å². The Labute approximate surface area is 95.5 Å². The zero-order valence-electron chi connectivity index (χ0n) is 9.77. The largest absolute Gasteiger partial charge is 0.383 e. The second kappa shape index (κ2) is 4.52. The SMILES string of the molecule is CN(C)c1cc(N)nc(N2CCNCC2)n1. The third-order valence-electron chi connectivity index (χ3n) is 2.58. The van der Waals surface area contributed by atoms with E-state index in [1.807, 2.05) is 19.0 Å². The first-order valence-corrected chi connectivity index (χ1v) is 5.44. The van der Waals surface area contributed by atoms with Gasteiger partial charge in [-0.05, 0) is 0 Å². The van der Waals surface area contributed by atoms with Crippen molar-refractivity contribution < 1.29 is 0 Å². The van der Waals surface area contributed by atoms with Crippen LogP contribution in [0.5, 0.6) is 0 Å². The van der Waals surface area contributed by atoms with Crippen molar-refractivity contribution >= 4 is 17.6 Å². The molecule has 1 saturated heterocycles. The molecular weight excluding hydrogens is 204 g/mol. The molecule has 2 rings (SSSR count). The molecule has 1 aromatic heterocycles. The maximum absolute atomic E-state index is 5.78. The molecule has 0 aliphatic carbocycles. The minimum absolute atomic E-state index is 0.521. The van der Waals surface area contributed by atoms with E-state index < -0.39 is 0 Å². The summed E-state index contributed by atoms with van der Waals surface area (Å²) < 4.78 is 0. The molecule has 16 heavy (non-hydrogen) atoms. The number of rotatable bonds is 2. The first kappa shape index (κ1) is 10.9. The maximum Gasteiger partial charge on any atom is 0.229 e. The van der Waals surface area contributed by atoms with E-state index in [0.29, 0.717) is 5.82 Å². The van der Waals surface area contributed by atoms with Crippen LogP contribution in [-0.2, 0) is 0 Å².